The number of hydrogen-bond donors (Lipinski definition) is 0. The fourth-order valence-electron chi connectivity index (χ4n) is 0.877. The summed E-state index contributed by atoms with van der Waals surface area (Å²) in [6.45, 7) is 1.41. The largest absolute Gasteiger partial charge is 0.263 e. The number of sulfone groups is 1. The van der Waals surface area contributed by atoms with Crippen LogP contribution in [0.15, 0.2) is 29.4 Å². The fraction of sp³-hybridized carbons (Fsp3) is 0.375. The maximum Gasteiger partial charge on any atom is 0.238 e. The zero-order valence-corrected chi connectivity index (χ0v) is 10.8. The lowest BCUT2D eigenvalue weighted by molar-refractivity contribution is 0.586. The minimum absolute atomic E-state index is 0.0532. The Morgan fingerprint density at radius 3 is 2.47 bits per heavy atom. The topological polar surface area (TPSA) is 47.0 Å². The van der Waals surface area contributed by atoms with Crippen LogP contribution in [0, 0.1) is 0 Å². The molecule has 1 aromatic heterocycles. The van der Waals surface area contributed by atoms with Crippen LogP contribution in [0.25, 0.3) is 0 Å². The van der Waals surface area contributed by atoms with Gasteiger partial charge in [-0.3, -0.25) is 4.98 Å². The van der Waals surface area contributed by atoms with Crippen molar-refractivity contribution in [2.45, 2.75) is 20.9 Å². The zero-order valence-electron chi connectivity index (χ0n) is 7.69. The number of halogens is 3. The van der Waals surface area contributed by atoms with Gasteiger partial charge in [-0.05, 0) is 19.1 Å². The normalized spacial score (nSPS) is 14.9. The predicted octanol–water partition coefficient (Wildman–Crippen LogP) is 2.61. The average Bonchev–Trinajstić information content (AvgIpc) is 2.18. The van der Waals surface area contributed by atoms with Crippen LogP contribution in [-0.2, 0) is 9.84 Å². The van der Waals surface area contributed by atoms with Crippen molar-refractivity contribution < 1.29 is 8.42 Å². The van der Waals surface area contributed by atoms with Gasteiger partial charge in [0, 0.05) is 12.4 Å². The van der Waals surface area contributed by atoms with Crippen molar-refractivity contribution in [2.24, 2.45) is 0 Å². The monoisotopic (exact) mass is 287 g/mol. The summed E-state index contributed by atoms with van der Waals surface area (Å²) < 4.78 is 21.8. The van der Waals surface area contributed by atoms with Crippen molar-refractivity contribution in [1.82, 2.24) is 4.98 Å². The van der Waals surface area contributed by atoms with Gasteiger partial charge in [-0.2, -0.15) is 0 Å². The molecule has 0 N–H and O–H groups in total. The maximum absolute atomic E-state index is 11.9. The van der Waals surface area contributed by atoms with Crippen LogP contribution in [-0.4, -0.2) is 22.4 Å². The van der Waals surface area contributed by atoms with E-state index >= 15 is 0 Å². The summed E-state index contributed by atoms with van der Waals surface area (Å²) in [5, 5.41) is -0.939. The van der Waals surface area contributed by atoms with Gasteiger partial charge in [0.1, 0.15) is 0 Å². The standard InChI is InChI=1S/C8H8Cl3NO2S/c1-6(9)8(10,11)15(13,14)7-3-2-4-12-5-7/h2-6H,1H3. The quantitative estimate of drug-likeness (QED) is 0.803. The third-order valence-electron chi connectivity index (χ3n) is 1.77. The Hall–Kier alpha value is -0.0300. The Morgan fingerprint density at radius 2 is 2.07 bits per heavy atom. The lowest BCUT2D eigenvalue weighted by Gasteiger charge is -2.21. The van der Waals surface area contributed by atoms with E-state index in [9.17, 15) is 8.42 Å². The summed E-state index contributed by atoms with van der Waals surface area (Å²) in [5.74, 6) is 0. The van der Waals surface area contributed by atoms with E-state index in [1.165, 1.54) is 31.5 Å². The summed E-state index contributed by atoms with van der Waals surface area (Å²) in [4.78, 5) is 3.63. The highest BCUT2D eigenvalue weighted by molar-refractivity contribution is 7.95. The number of nitrogens with zero attached hydrogens (tertiary/aromatic N) is 1. The van der Waals surface area contributed by atoms with Gasteiger partial charge >= 0.3 is 0 Å². The molecule has 0 saturated carbocycles. The lowest BCUT2D eigenvalue weighted by Crippen LogP contribution is -2.34. The van der Waals surface area contributed by atoms with E-state index < -0.39 is 18.9 Å². The van der Waals surface area contributed by atoms with Crippen molar-refractivity contribution >= 4 is 44.6 Å². The molecule has 84 valence electrons. The highest BCUT2D eigenvalue weighted by Gasteiger charge is 2.45. The van der Waals surface area contributed by atoms with E-state index in [0.29, 0.717) is 0 Å². The van der Waals surface area contributed by atoms with Crippen molar-refractivity contribution in [3.63, 3.8) is 0 Å². The maximum atomic E-state index is 11.9. The third kappa shape index (κ3) is 2.38. The van der Waals surface area contributed by atoms with Crippen LogP contribution < -0.4 is 0 Å². The SMILES string of the molecule is CC(Cl)C(Cl)(Cl)S(=O)(=O)c1cccnc1. The number of hydrogen-bond acceptors (Lipinski definition) is 3. The molecule has 15 heavy (non-hydrogen) atoms. The molecule has 1 aromatic rings. The first-order valence-electron chi connectivity index (χ1n) is 3.96. The molecule has 1 rings (SSSR count). The van der Waals surface area contributed by atoms with E-state index in [-0.39, 0.29) is 4.90 Å². The molecule has 0 spiro atoms. The Morgan fingerprint density at radius 1 is 1.47 bits per heavy atom. The minimum Gasteiger partial charge on any atom is -0.263 e. The highest BCUT2D eigenvalue weighted by atomic mass is 35.5. The van der Waals surface area contributed by atoms with Gasteiger partial charge in [-0.1, -0.05) is 23.2 Å². The smallest absolute Gasteiger partial charge is 0.238 e. The summed E-state index contributed by atoms with van der Waals surface area (Å²) in [7, 11) is -3.90. The van der Waals surface area contributed by atoms with Gasteiger partial charge in [0.25, 0.3) is 0 Å². The van der Waals surface area contributed by atoms with Gasteiger partial charge in [0.15, 0.2) is 0 Å². The number of rotatable bonds is 3. The highest BCUT2D eigenvalue weighted by Crippen LogP contribution is 2.39. The van der Waals surface area contributed by atoms with E-state index in [1.807, 2.05) is 0 Å². The van der Waals surface area contributed by atoms with Crippen LogP contribution in [0.3, 0.4) is 0 Å². The lowest BCUT2D eigenvalue weighted by atomic mass is 10.5. The Bertz CT molecular complexity index is 430. The van der Waals surface area contributed by atoms with Crippen LogP contribution >= 0.6 is 34.8 Å². The molecular weight excluding hydrogens is 281 g/mol. The van der Waals surface area contributed by atoms with Gasteiger partial charge in [-0.15, -0.1) is 11.6 Å². The molecule has 0 fully saturated rings. The second kappa shape index (κ2) is 4.45. The molecule has 0 aliphatic heterocycles. The summed E-state index contributed by atoms with van der Waals surface area (Å²) >= 11 is 17.1. The first-order valence-corrected chi connectivity index (χ1v) is 6.64. The summed E-state index contributed by atoms with van der Waals surface area (Å²) in [5.41, 5.74) is 0. The molecule has 0 radical (unpaired) electrons. The molecule has 1 heterocycles. The predicted molar refractivity (Wildman–Crippen MR) is 61.2 cm³/mol. The third-order valence-corrected chi connectivity index (χ3v) is 6.25. The summed E-state index contributed by atoms with van der Waals surface area (Å²) in [6, 6.07) is 2.84. The molecule has 1 unspecified atom stereocenters. The van der Waals surface area contributed by atoms with Gasteiger partial charge in [0.05, 0.1) is 10.3 Å². The Balaban J connectivity index is 3.27. The molecule has 0 aromatic carbocycles. The first-order chi connectivity index (χ1) is 6.80. The van der Waals surface area contributed by atoms with Crippen LogP contribution in [0.4, 0.5) is 0 Å². The van der Waals surface area contributed by atoms with E-state index in [2.05, 4.69) is 4.98 Å². The Kier molecular flexibility index (Phi) is 3.87. The molecular formula is C8H8Cl3NO2S. The molecule has 0 aliphatic carbocycles. The Labute approximate surface area is 103 Å². The molecule has 0 bridgehead atoms. The van der Waals surface area contributed by atoms with Gasteiger partial charge in [-0.25, -0.2) is 8.42 Å². The molecule has 7 heteroatoms. The van der Waals surface area contributed by atoms with E-state index in [1.54, 1.807) is 0 Å². The minimum atomic E-state index is -3.90. The van der Waals surface area contributed by atoms with Gasteiger partial charge in [0.2, 0.25) is 13.5 Å². The van der Waals surface area contributed by atoms with Gasteiger partial charge < -0.3 is 0 Å². The molecule has 1 atom stereocenters. The first kappa shape index (κ1) is 13.0. The van der Waals surface area contributed by atoms with Crippen molar-refractivity contribution in [3.05, 3.63) is 24.5 Å². The molecule has 0 amide bonds. The fourth-order valence-corrected chi connectivity index (χ4v) is 2.96. The average molecular weight is 289 g/mol. The molecule has 0 saturated heterocycles. The molecule has 0 aliphatic rings. The van der Waals surface area contributed by atoms with Crippen LogP contribution in [0.2, 0.25) is 0 Å². The molecule has 3 nitrogen and oxygen atoms in total. The number of pyridine rings is 1. The zero-order chi connectivity index (χ0) is 11.7. The van der Waals surface area contributed by atoms with E-state index in [0.717, 1.165) is 0 Å². The van der Waals surface area contributed by atoms with Crippen molar-refractivity contribution in [3.8, 4) is 0 Å². The van der Waals surface area contributed by atoms with Crippen molar-refractivity contribution in [2.75, 3.05) is 0 Å². The van der Waals surface area contributed by atoms with Crippen LogP contribution in [0.5, 0.6) is 0 Å². The number of alkyl halides is 3. The number of aromatic nitrogens is 1. The second-order valence-corrected chi connectivity index (χ2v) is 7.48. The second-order valence-electron chi connectivity index (χ2n) is 2.87. The van der Waals surface area contributed by atoms with Crippen molar-refractivity contribution in [1.29, 1.82) is 0 Å². The van der Waals surface area contributed by atoms with E-state index in [4.69, 9.17) is 34.8 Å². The van der Waals surface area contributed by atoms with Crippen LogP contribution in [0.1, 0.15) is 6.92 Å². The summed E-state index contributed by atoms with van der Waals surface area (Å²) in [6.07, 6.45) is 2.63.